The van der Waals surface area contributed by atoms with E-state index >= 15 is 0 Å². The molecule has 5 atom stereocenters. The van der Waals surface area contributed by atoms with Gasteiger partial charge in [-0.05, 0) is 37.5 Å². The van der Waals surface area contributed by atoms with E-state index in [1.165, 1.54) is 31.0 Å². The molecule has 4 rings (SSSR count). The second-order valence-electron chi connectivity index (χ2n) is 7.99. The molecule has 0 aromatic rings. The second-order valence-corrected chi connectivity index (χ2v) is 11.3. The number of carbonyl (C=O) groups excluding carboxylic acids is 1. The zero-order valence-electron chi connectivity index (χ0n) is 14.5. The standard InChI is InChI=1S/C17H24N2O5S2/c20-15(2-1-3-16(21)22)18-17-19(12-7-10-4-5-11(12)6-10)13-8-26(23,24)9-14(13)25-17/h10-14H,1-9H2,(H,21,22)/t10-,11+,12+,13-,14+/m1/s1. The number of aliphatic carboxylic acids is 1. The van der Waals surface area contributed by atoms with Gasteiger partial charge in [0.1, 0.15) is 0 Å². The molecule has 2 aliphatic heterocycles. The van der Waals surface area contributed by atoms with Crippen LogP contribution in [-0.2, 0) is 19.4 Å². The van der Waals surface area contributed by atoms with E-state index in [1.54, 1.807) is 0 Å². The number of hydrogen-bond donors (Lipinski definition) is 1. The largest absolute Gasteiger partial charge is 0.481 e. The molecule has 0 aromatic heterocycles. The van der Waals surface area contributed by atoms with Crippen molar-refractivity contribution >= 4 is 38.6 Å². The van der Waals surface area contributed by atoms with Gasteiger partial charge in [0.25, 0.3) is 0 Å². The van der Waals surface area contributed by atoms with Crippen LogP contribution < -0.4 is 0 Å². The third-order valence-corrected chi connectivity index (χ3v) is 9.39. The number of carbonyl (C=O) groups is 2. The average molecular weight is 401 g/mol. The fourth-order valence-electron chi connectivity index (χ4n) is 5.08. The van der Waals surface area contributed by atoms with Crippen molar-refractivity contribution in [2.45, 2.75) is 62.3 Å². The number of amidine groups is 1. The van der Waals surface area contributed by atoms with Gasteiger partial charge >= 0.3 is 5.97 Å². The smallest absolute Gasteiger partial charge is 0.303 e. The average Bonchev–Trinajstić information content (AvgIpc) is 3.26. The molecule has 2 heterocycles. The molecule has 0 spiro atoms. The van der Waals surface area contributed by atoms with Crippen LogP contribution in [0.4, 0.5) is 0 Å². The summed E-state index contributed by atoms with van der Waals surface area (Å²) in [5, 5.41) is 9.33. The number of hydrogen-bond acceptors (Lipinski definition) is 5. The van der Waals surface area contributed by atoms with Crippen molar-refractivity contribution in [2.75, 3.05) is 11.5 Å². The Bertz CT molecular complexity index is 750. The van der Waals surface area contributed by atoms with Gasteiger partial charge in [-0.2, -0.15) is 4.99 Å². The van der Waals surface area contributed by atoms with Crippen LogP contribution in [0.25, 0.3) is 0 Å². The molecule has 4 aliphatic rings. The molecule has 0 unspecified atom stereocenters. The Hall–Kier alpha value is -1.09. The van der Waals surface area contributed by atoms with Crippen LogP contribution in [0.5, 0.6) is 0 Å². The molecular formula is C17H24N2O5S2. The maximum atomic E-state index is 12.2. The van der Waals surface area contributed by atoms with E-state index in [9.17, 15) is 18.0 Å². The number of thioether (sulfide) groups is 1. The van der Waals surface area contributed by atoms with Crippen molar-refractivity contribution in [1.29, 1.82) is 0 Å². The molecule has 7 nitrogen and oxygen atoms in total. The lowest BCUT2D eigenvalue weighted by atomic mass is 9.93. The van der Waals surface area contributed by atoms with Gasteiger partial charge in [-0.15, -0.1) is 0 Å². The molecule has 144 valence electrons. The van der Waals surface area contributed by atoms with Crippen LogP contribution >= 0.6 is 11.8 Å². The van der Waals surface area contributed by atoms with E-state index in [0.29, 0.717) is 17.1 Å². The minimum atomic E-state index is -3.02. The Morgan fingerprint density at radius 1 is 1.15 bits per heavy atom. The summed E-state index contributed by atoms with van der Waals surface area (Å²) in [5.74, 6) is 0.403. The molecule has 0 aromatic carbocycles. The first-order valence-corrected chi connectivity index (χ1v) is 12.0. The lowest BCUT2D eigenvalue weighted by Crippen LogP contribution is -2.47. The molecular weight excluding hydrogens is 376 g/mol. The highest BCUT2D eigenvalue weighted by Crippen LogP contribution is 2.51. The summed E-state index contributed by atoms with van der Waals surface area (Å²) in [7, 11) is -3.02. The summed E-state index contributed by atoms with van der Waals surface area (Å²) >= 11 is 1.43. The minimum absolute atomic E-state index is 0.0373. The van der Waals surface area contributed by atoms with E-state index < -0.39 is 15.8 Å². The first-order chi connectivity index (χ1) is 12.3. The quantitative estimate of drug-likeness (QED) is 0.746. The maximum Gasteiger partial charge on any atom is 0.303 e. The van der Waals surface area contributed by atoms with E-state index in [0.717, 1.165) is 12.3 Å². The molecule has 2 saturated heterocycles. The lowest BCUT2D eigenvalue weighted by Gasteiger charge is -2.36. The van der Waals surface area contributed by atoms with Crippen molar-refractivity contribution in [1.82, 2.24) is 4.90 Å². The third kappa shape index (κ3) is 3.52. The number of aliphatic imine (C=N–C) groups is 1. The predicted molar refractivity (Wildman–Crippen MR) is 98.8 cm³/mol. The predicted octanol–water partition coefficient (Wildman–Crippen LogP) is 1.53. The zero-order chi connectivity index (χ0) is 18.5. The monoisotopic (exact) mass is 400 g/mol. The fourth-order valence-corrected chi connectivity index (χ4v) is 9.07. The van der Waals surface area contributed by atoms with Crippen LogP contribution in [0.3, 0.4) is 0 Å². The van der Waals surface area contributed by atoms with Crippen LogP contribution in [0.15, 0.2) is 4.99 Å². The van der Waals surface area contributed by atoms with Gasteiger partial charge in [0.05, 0.1) is 17.5 Å². The molecule has 26 heavy (non-hydrogen) atoms. The van der Waals surface area contributed by atoms with Crippen LogP contribution in [-0.4, -0.2) is 64.3 Å². The molecule has 2 saturated carbocycles. The molecule has 1 N–H and O–H groups in total. The Labute approximate surface area is 157 Å². The number of carboxylic acids is 1. The van der Waals surface area contributed by atoms with Gasteiger partial charge in [-0.1, -0.05) is 18.2 Å². The highest BCUT2D eigenvalue weighted by atomic mass is 32.2. The van der Waals surface area contributed by atoms with Gasteiger partial charge in [0.15, 0.2) is 15.0 Å². The van der Waals surface area contributed by atoms with Crippen molar-refractivity contribution in [3.8, 4) is 0 Å². The molecule has 9 heteroatoms. The van der Waals surface area contributed by atoms with E-state index in [4.69, 9.17) is 5.11 Å². The molecule has 4 fully saturated rings. The summed E-state index contributed by atoms with van der Waals surface area (Å²) in [6.07, 6.45) is 5.08. The first kappa shape index (κ1) is 18.3. The van der Waals surface area contributed by atoms with Crippen molar-refractivity contribution in [3.05, 3.63) is 0 Å². The number of rotatable bonds is 5. The number of carboxylic acid groups (broad SMARTS) is 1. The van der Waals surface area contributed by atoms with Gasteiger partial charge in [0.2, 0.25) is 5.91 Å². The summed E-state index contributed by atoms with van der Waals surface area (Å²) < 4.78 is 24.2. The molecule has 2 aliphatic carbocycles. The minimum Gasteiger partial charge on any atom is -0.481 e. The van der Waals surface area contributed by atoms with Gasteiger partial charge in [-0.3, -0.25) is 9.59 Å². The van der Waals surface area contributed by atoms with Crippen LogP contribution in [0, 0.1) is 11.8 Å². The summed E-state index contributed by atoms with van der Waals surface area (Å²) in [5.41, 5.74) is 0. The van der Waals surface area contributed by atoms with Crippen molar-refractivity contribution < 1.29 is 23.1 Å². The van der Waals surface area contributed by atoms with E-state index in [-0.39, 0.29) is 48.0 Å². The lowest BCUT2D eigenvalue weighted by molar-refractivity contribution is -0.137. The Balaban J connectivity index is 1.52. The van der Waals surface area contributed by atoms with Crippen LogP contribution in [0.2, 0.25) is 0 Å². The fraction of sp³-hybridized carbons (Fsp3) is 0.824. The second kappa shape index (κ2) is 6.82. The Kier molecular flexibility index (Phi) is 4.79. The number of fused-ring (bicyclic) bond motifs is 3. The molecule has 1 amide bonds. The number of amides is 1. The van der Waals surface area contributed by atoms with E-state index in [2.05, 4.69) is 9.89 Å². The van der Waals surface area contributed by atoms with Gasteiger partial charge < -0.3 is 10.0 Å². The van der Waals surface area contributed by atoms with Gasteiger partial charge in [-0.25, -0.2) is 8.42 Å². The molecule has 0 radical (unpaired) electrons. The Morgan fingerprint density at radius 3 is 2.62 bits per heavy atom. The SMILES string of the molecule is O=C(O)CCCC(=O)N=C1S[C@H]2CS(=O)(=O)C[C@H]2N1[C@H]1C[C@@H]2CC[C@H]1C2. The normalized spacial score (nSPS) is 38.8. The summed E-state index contributed by atoms with van der Waals surface area (Å²) in [6.45, 7) is 0. The number of nitrogens with zero attached hydrogens (tertiary/aromatic N) is 2. The Morgan fingerprint density at radius 2 is 1.96 bits per heavy atom. The first-order valence-electron chi connectivity index (χ1n) is 9.31. The summed E-state index contributed by atoms with van der Waals surface area (Å²) in [4.78, 5) is 29.3. The van der Waals surface area contributed by atoms with Crippen molar-refractivity contribution in [2.24, 2.45) is 16.8 Å². The highest BCUT2D eigenvalue weighted by molar-refractivity contribution is 8.15. The topological polar surface area (TPSA) is 104 Å². The highest BCUT2D eigenvalue weighted by Gasteiger charge is 2.54. The van der Waals surface area contributed by atoms with Crippen LogP contribution in [0.1, 0.15) is 44.9 Å². The zero-order valence-corrected chi connectivity index (χ0v) is 16.2. The number of sulfone groups is 1. The van der Waals surface area contributed by atoms with E-state index in [1.807, 2.05) is 0 Å². The van der Waals surface area contributed by atoms with Gasteiger partial charge in [0, 0.05) is 24.1 Å². The maximum absolute atomic E-state index is 12.2. The molecule has 2 bridgehead atoms. The van der Waals surface area contributed by atoms with Crippen molar-refractivity contribution in [3.63, 3.8) is 0 Å². The summed E-state index contributed by atoms with van der Waals surface area (Å²) in [6, 6.07) is 0.232. The third-order valence-electron chi connectivity index (χ3n) is 6.17.